The van der Waals surface area contributed by atoms with E-state index in [9.17, 15) is 17.6 Å². The van der Waals surface area contributed by atoms with Gasteiger partial charge < -0.3 is 10.2 Å². The number of rotatable bonds is 5. The molecule has 0 bridgehead atoms. The van der Waals surface area contributed by atoms with Gasteiger partial charge in [-0.1, -0.05) is 29.8 Å². The number of carbonyl (C=O) groups is 1. The number of anilines is 2. The van der Waals surface area contributed by atoms with E-state index in [4.69, 9.17) is 11.6 Å². The number of benzene rings is 2. The molecular weight excluding hydrogens is 379 g/mol. The fourth-order valence-electron chi connectivity index (χ4n) is 2.99. The average Bonchev–Trinajstić information content (AvgIpc) is 2.96. The molecule has 1 atom stereocenters. The van der Waals surface area contributed by atoms with Gasteiger partial charge in [0.15, 0.2) is 9.84 Å². The second-order valence-electron chi connectivity index (χ2n) is 6.14. The Morgan fingerprint density at radius 3 is 2.58 bits per heavy atom. The highest BCUT2D eigenvalue weighted by Gasteiger charge is 2.35. The highest BCUT2D eigenvalue weighted by atomic mass is 35.5. The van der Waals surface area contributed by atoms with Gasteiger partial charge in [0.25, 0.3) is 0 Å². The van der Waals surface area contributed by atoms with Crippen LogP contribution in [-0.2, 0) is 14.6 Å². The first-order valence-corrected chi connectivity index (χ1v) is 10.3. The van der Waals surface area contributed by atoms with Gasteiger partial charge in [0.1, 0.15) is 5.82 Å². The van der Waals surface area contributed by atoms with E-state index in [2.05, 4.69) is 5.32 Å². The highest BCUT2D eigenvalue weighted by molar-refractivity contribution is 7.91. The number of hydrogen-bond donors (Lipinski definition) is 1. The molecule has 1 aliphatic heterocycles. The van der Waals surface area contributed by atoms with Gasteiger partial charge in [0.2, 0.25) is 5.91 Å². The Hall–Kier alpha value is -2.12. The van der Waals surface area contributed by atoms with Crippen molar-refractivity contribution < 1.29 is 17.6 Å². The van der Waals surface area contributed by atoms with Crippen molar-refractivity contribution in [3.63, 3.8) is 0 Å². The van der Waals surface area contributed by atoms with Crippen molar-refractivity contribution in [2.45, 2.75) is 12.5 Å². The smallest absolute Gasteiger partial charge is 0.246 e. The van der Waals surface area contributed by atoms with Crippen LogP contribution in [0, 0.1) is 5.82 Å². The fourth-order valence-corrected chi connectivity index (χ4v) is 4.88. The Bertz CT molecular complexity index is 906. The molecule has 5 nitrogen and oxygen atoms in total. The number of hydrogen-bond acceptors (Lipinski definition) is 4. The summed E-state index contributed by atoms with van der Waals surface area (Å²) in [7, 11) is -3.13. The van der Waals surface area contributed by atoms with E-state index in [1.807, 2.05) is 6.07 Å². The SMILES string of the molecule is O=C(CNc1ccc(F)c(Cl)c1)N(c1ccccc1)[C@@H]1CCS(=O)(=O)C1. The van der Waals surface area contributed by atoms with Crippen LogP contribution in [0.3, 0.4) is 0 Å². The summed E-state index contributed by atoms with van der Waals surface area (Å²) in [6, 6.07) is 12.7. The lowest BCUT2D eigenvalue weighted by Crippen LogP contribution is -2.44. The Labute approximate surface area is 156 Å². The molecule has 0 aliphatic carbocycles. The first-order valence-electron chi connectivity index (χ1n) is 8.12. The zero-order chi connectivity index (χ0) is 18.7. The van der Waals surface area contributed by atoms with Crippen molar-refractivity contribution in [3.8, 4) is 0 Å². The summed E-state index contributed by atoms with van der Waals surface area (Å²) < 4.78 is 36.9. The minimum absolute atomic E-state index is 0.0377. The molecule has 2 aromatic rings. The first kappa shape index (κ1) is 18.7. The number of halogens is 2. The van der Waals surface area contributed by atoms with Crippen LogP contribution in [0.1, 0.15) is 6.42 Å². The summed E-state index contributed by atoms with van der Waals surface area (Å²) in [6.45, 7) is -0.0621. The number of para-hydroxylation sites is 1. The number of nitrogens with one attached hydrogen (secondary N) is 1. The van der Waals surface area contributed by atoms with Crippen LogP contribution in [0.4, 0.5) is 15.8 Å². The molecule has 0 spiro atoms. The van der Waals surface area contributed by atoms with Crippen molar-refractivity contribution >= 4 is 38.7 Å². The standard InChI is InChI=1S/C18H18ClFN2O3S/c19-16-10-13(6-7-17(16)20)21-11-18(23)22(14-4-2-1-3-5-14)15-8-9-26(24,25)12-15/h1-7,10,15,21H,8-9,11-12H2/t15-/m1/s1. The molecule has 0 unspecified atom stereocenters. The quantitative estimate of drug-likeness (QED) is 0.843. The monoisotopic (exact) mass is 396 g/mol. The van der Waals surface area contributed by atoms with Crippen LogP contribution in [0.5, 0.6) is 0 Å². The predicted molar refractivity (Wildman–Crippen MR) is 101 cm³/mol. The zero-order valence-electron chi connectivity index (χ0n) is 13.9. The van der Waals surface area contributed by atoms with Gasteiger partial charge >= 0.3 is 0 Å². The first-order chi connectivity index (χ1) is 12.4. The van der Waals surface area contributed by atoms with Crippen LogP contribution in [0.15, 0.2) is 48.5 Å². The average molecular weight is 397 g/mol. The molecule has 1 aliphatic rings. The molecule has 0 radical (unpaired) electrons. The maximum atomic E-state index is 13.2. The molecule has 138 valence electrons. The molecular formula is C18H18ClFN2O3S. The molecule has 26 heavy (non-hydrogen) atoms. The van der Waals surface area contributed by atoms with Crippen LogP contribution in [0.25, 0.3) is 0 Å². The summed E-state index contributed by atoms with van der Waals surface area (Å²) >= 11 is 5.75. The van der Waals surface area contributed by atoms with E-state index in [1.165, 1.54) is 23.1 Å². The molecule has 1 heterocycles. The molecule has 8 heteroatoms. The van der Waals surface area contributed by atoms with Crippen molar-refractivity contribution in [1.82, 2.24) is 0 Å². The largest absolute Gasteiger partial charge is 0.376 e. The highest BCUT2D eigenvalue weighted by Crippen LogP contribution is 2.25. The van der Waals surface area contributed by atoms with Crippen molar-refractivity contribution in [2.24, 2.45) is 0 Å². The van der Waals surface area contributed by atoms with Crippen LogP contribution in [-0.4, -0.2) is 38.4 Å². The summed E-state index contributed by atoms with van der Waals surface area (Å²) in [4.78, 5) is 14.4. The lowest BCUT2D eigenvalue weighted by molar-refractivity contribution is -0.117. The Kier molecular flexibility index (Phi) is 5.48. The van der Waals surface area contributed by atoms with E-state index in [1.54, 1.807) is 24.3 Å². The number of carbonyl (C=O) groups excluding carboxylic acids is 1. The minimum Gasteiger partial charge on any atom is -0.376 e. The normalized spacial score (nSPS) is 18.5. The molecule has 0 aromatic heterocycles. The molecule has 3 rings (SSSR count). The Balaban J connectivity index is 1.78. The van der Waals surface area contributed by atoms with Crippen LogP contribution < -0.4 is 10.2 Å². The van der Waals surface area contributed by atoms with Crippen molar-refractivity contribution in [1.29, 1.82) is 0 Å². The maximum absolute atomic E-state index is 13.2. The van der Waals surface area contributed by atoms with E-state index in [0.29, 0.717) is 17.8 Å². The third-order valence-corrected chi connectivity index (χ3v) is 6.28. The summed E-state index contributed by atoms with van der Waals surface area (Å²) in [5, 5.41) is 2.88. The minimum atomic E-state index is -3.13. The summed E-state index contributed by atoms with van der Waals surface area (Å²) in [5.74, 6) is -0.768. The summed E-state index contributed by atoms with van der Waals surface area (Å²) in [5.41, 5.74) is 1.16. The van der Waals surface area contributed by atoms with E-state index < -0.39 is 21.7 Å². The topological polar surface area (TPSA) is 66.5 Å². The van der Waals surface area contributed by atoms with E-state index in [0.717, 1.165) is 0 Å². The Morgan fingerprint density at radius 1 is 1.23 bits per heavy atom. The number of nitrogens with zero attached hydrogens (tertiary/aromatic N) is 1. The van der Waals surface area contributed by atoms with Crippen molar-refractivity contribution in [2.75, 3.05) is 28.3 Å². The molecule has 0 saturated carbocycles. The molecule has 2 aromatic carbocycles. The van der Waals surface area contributed by atoms with Crippen molar-refractivity contribution in [3.05, 3.63) is 59.4 Å². The molecule has 1 amide bonds. The summed E-state index contributed by atoms with van der Waals surface area (Å²) in [6.07, 6.45) is 0.408. The molecule has 1 saturated heterocycles. The third-order valence-electron chi connectivity index (χ3n) is 4.24. The second-order valence-corrected chi connectivity index (χ2v) is 8.77. The lowest BCUT2D eigenvalue weighted by Gasteiger charge is -2.28. The third kappa shape index (κ3) is 4.34. The second kappa shape index (κ2) is 7.63. The lowest BCUT2D eigenvalue weighted by atomic mass is 10.1. The zero-order valence-corrected chi connectivity index (χ0v) is 15.4. The fraction of sp³-hybridized carbons (Fsp3) is 0.278. The van der Waals surface area contributed by atoms with Gasteiger partial charge in [-0.25, -0.2) is 12.8 Å². The maximum Gasteiger partial charge on any atom is 0.246 e. The van der Waals surface area contributed by atoms with E-state index in [-0.39, 0.29) is 29.0 Å². The van der Waals surface area contributed by atoms with E-state index >= 15 is 0 Å². The Morgan fingerprint density at radius 2 is 1.96 bits per heavy atom. The van der Waals surface area contributed by atoms with Gasteiger partial charge in [-0.05, 0) is 36.8 Å². The number of sulfone groups is 1. The van der Waals surface area contributed by atoms with Gasteiger partial charge in [-0.15, -0.1) is 0 Å². The molecule has 1 N–H and O–H groups in total. The van der Waals surface area contributed by atoms with Gasteiger partial charge in [0, 0.05) is 11.4 Å². The number of amides is 1. The van der Waals surface area contributed by atoms with Crippen LogP contribution >= 0.6 is 11.6 Å². The van der Waals surface area contributed by atoms with Gasteiger partial charge in [-0.3, -0.25) is 4.79 Å². The van der Waals surface area contributed by atoms with Gasteiger partial charge in [0.05, 0.1) is 29.1 Å². The van der Waals surface area contributed by atoms with Gasteiger partial charge in [-0.2, -0.15) is 0 Å². The van der Waals surface area contributed by atoms with Crippen LogP contribution in [0.2, 0.25) is 5.02 Å². The molecule has 1 fully saturated rings. The predicted octanol–water partition coefficient (Wildman–Crippen LogP) is 3.11.